The quantitative estimate of drug-likeness (QED) is 0.714. The number of ketones is 1. The molecule has 0 radical (unpaired) electrons. The zero-order valence-corrected chi connectivity index (χ0v) is 11.0. The van der Waals surface area contributed by atoms with Gasteiger partial charge in [-0.15, -0.1) is 0 Å². The topological polar surface area (TPSA) is 20.3 Å². The van der Waals surface area contributed by atoms with Gasteiger partial charge in [0.25, 0.3) is 0 Å². The number of rotatable bonds is 5. The van der Waals surface area contributed by atoms with Crippen LogP contribution in [0, 0.1) is 11.3 Å². The summed E-state index contributed by atoms with van der Waals surface area (Å²) >= 11 is 0. The number of hydrogen-bond acceptors (Lipinski definition) is 2. The first-order chi connectivity index (χ1) is 7.66. The molecule has 1 aliphatic carbocycles. The molecule has 1 saturated heterocycles. The van der Waals surface area contributed by atoms with Gasteiger partial charge in [0.15, 0.2) is 0 Å². The van der Waals surface area contributed by atoms with E-state index in [2.05, 4.69) is 18.7 Å². The van der Waals surface area contributed by atoms with Crippen molar-refractivity contribution in [2.75, 3.05) is 13.1 Å². The molecule has 1 heterocycles. The van der Waals surface area contributed by atoms with E-state index in [1.54, 1.807) is 0 Å². The van der Waals surface area contributed by atoms with Gasteiger partial charge in [-0.05, 0) is 30.7 Å². The second kappa shape index (κ2) is 4.48. The molecule has 0 N–H and O–H groups in total. The summed E-state index contributed by atoms with van der Waals surface area (Å²) in [6.07, 6.45) is 5.90. The Bertz CT molecular complexity index is 276. The second-order valence-electron chi connectivity index (χ2n) is 5.65. The van der Waals surface area contributed by atoms with Crippen molar-refractivity contribution in [3.8, 4) is 0 Å². The third kappa shape index (κ3) is 1.92. The normalized spacial score (nSPS) is 38.2. The van der Waals surface area contributed by atoms with Crippen LogP contribution in [-0.2, 0) is 4.79 Å². The zero-order chi connectivity index (χ0) is 11.8. The van der Waals surface area contributed by atoms with Gasteiger partial charge in [0.2, 0.25) is 0 Å². The van der Waals surface area contributed by atoms with Gasteiger partial charge in [-0.1, -0.05) is 33.6 Å². The smallest absolute Gasteiger partial charge is 0.149 e. The Balaban J connectivity index is 2.00. The molecule has 2 nitrogen and oxygen atoms in total. The van der Waals surface area contributed by atoms with Gasteiger partial charge in [-0.25, -0.2) is 0 Å². The van der Waals surface area contributed by atoms with Crippen LogP contribution >= 0.6 is 0 Å². The van der Waals surface area contributed by atoms with Crippen LogP contribution in [0.5, 0.6) is 0 Å². The lowest BCUT2D eigenvalue weighted by atomic mass is 9.96. The van der Waals surface area contributed by atoms with Crippen molar-refractivity contribution in [1.82, 2.24) is 4.90 Å². The van der Waals surface area contributed by atoms with Crippen molar-refractivity contribution in [2.45, 2.75) is 58.9 Å². The predicted molar refractivity (Wildman–Crippen MR) is 66.4 cm³/mol. The minimum Gasteiger partial charge on any atom is -0.298 e. The van der Waals surface area contributed by atoms with E-state index < -0.39 is 0 Å². The number of Topliss-reactive ketones (excluding diaryl/α,β-unsaturated/α-hetero) is 1. The first-order valence-electron chi connectivity index (χ1n) is 6.93. The lowest BCUT2D eigenvalue weighted by Crippen LogP contribution is -2.35. The third-order valence-corrected chi connectivity index (χ3v) is 4.68. The van der Waals surface area contributed by atoms with Gasteiger partial charge in [-0.3, -0.25) is 9.69 Å². The molecular formula is C14H25NO. The molecule has 1 aliphatic heterocycles. The van der Waals surface area contributed by atoms with Gasteiger partial charge in [0.1, 0.15) is 5.78 Å². The van der Waals surface area contributed by atoms with Crippen LogP contribution in [0.3, 0.4) is 0 Å². The van der Waals surface area contributed by atoms with E-state index in [9.17, 15) is 4.79 Å². The van der Waals surface area contributed by atoms with E-state index >= 15 is 0 Å². The van der Waals surface area contributed by atoms with E-state index in [4.69, 9.17) is 0 Å². The maximum atomic E-state index is 11.9. The van der Waals surface area contributed by atoms with E-state index in [1.165, 1.54) is 25.8 Å². The summed E-state index contributed by atoms with van der Waals surface area (Å²) in [6, 6.07) is 0.247. The number of likely N-dealkylation sites (N-methyl/N-ethyl adjacent to an activating group) is 1. The van der Waals surface area contributed by atoms with Gasteiger partial charge in [-0.2, -0.15) is 0 Å². The maximum absolute atomic E-state index is 11.9. The van der Waals surface area contributed by atoms with Gasteiger partial charge < -0.3 is 0 Å². The van der Waals surface area contributed by atoms with E-state index in [0.29, 0.717) is 17.6 Å². The lowest BCUT2D eigenvalue weighted by Gasteiger charge is -2.20. The summed E-state index contributed by atoms with van der Waals surface area (Å²) in [5, 5.41) is 0. The highest BCUT2D eigenvalue weighted by Crippen LogP contribution is 2.61. The Hall–Kier alpha value is -0.370. The summed E-state index contributed by atoms with van der Waals surface area (Å²) in [5.74, 6) is 1.38. The minimum absolute atomic E-state index is 0.247. The summed E-state index contributed by atoms with van der Waals surface area (Å²) in [5.41, 5.74) is 0.543. The Labute approximate surface area is 99.4 Å². The Morgan fingerprint density at radius 1 is 1.31 bits per heavy atom. The van der Waals surface area contributed by atoms with Crippen LogP contribution in [0.25, 0.3) is 0 Å². The van der Waals surface area contributed by atoms with Gasteiger partial charge in [0, 0.05) is 13.0 Å². The minimum atomic E-state index is 0.247. The molecule has 1 spiro atoms. The molecule has 1 saturated carbocycles. The van der Waals surface area contributed by atoms with Crippen LogP contribution in [-0.4, -0.2) is 29.8 Å². The monoisotopic (exact) mass is 223 g/mol. The van der Waals surface area contributed by atoms with Crippen LogP contribution in [0.4, 0.5) is 0 Å². The van der Waals surface area contributed by atoms with Crippen LogP contribution < -0.4 is 0 Å². The number of hydrogen-bond donors (Lipinski definition) is 0. The average molecular weight is 223 g/mol. The molecule has 0 aromatic rings. The molecule has 0 unspecified atom stereocenters. The summed E-state index contributed by atoms with van der Waals surface area (Å²) in [4.78, 5) is 14.3. The number of likely N-dealkylation sites (tertiary alicyclic amines) is 1. The average Bonchev–Trinajstić information content (AvgIpc) is 2.80. The maximum Gasteiger partial charge on any atom is 0.149 e. The summed E-state index contributed by atoms with van der Waals surface area (Å²) < 4.78 is 0. The van der Waals surface area contributed by atoms with Gasteiger partial charge >= 0.3 is 0 Å². The fourth-order valence-corrected chi connectivity index (χ4v) is 3.61. The predicted octanol–water partition coefficient (Wildman–Crippen LogP) is 2.87. The fraction of sp³-hybridized carbons (Fsp3) is 0.929. The molecule has 0 amide bonds. The van der Waals surface area contributed by atoms with Crippen molar-refractivity contribution >= 4 is 5.78 Å². The Morgan fingerprint density at radius 3 is 2.62 bits per heavy atom. The first-order valence-corrected chi connectivity index (χ1v) is 6.93. The molecule has 2 heteroatoms. The Kier molecular flexibility index (Phi) is 3.39. The van der Waals surface area contributed by atoms with E-state index in [0.717, 1.165) is 18.9 Å². The van der Waals surface area contributed by atoms with E-state index in [-0.39, 0.29) is 6.04 Å². The molecule has 0 aromatic heterocycles. The molecule has 16 heavy (non-hydrogen) atoms. The summed E-state index contributed by atoms with van der Waals surface area (Å²) in [7, 11) is 0. The largest absolute Gasteiger partial charge is 0.298 e. The summed E-state index contributed by atoms with van der Waals surface area (Å²) in [6.45, 7) is 8.68. The van der Waals surface area contributed by atoms with Crippen molar-refractivity contribution in [3.63, 3.8) is 0 Å². The number of nitrogens with zero attached hydrogens (tertiary/aromatic N) is 1. The number of carbonyl (C=O) groups excluding carboxylic acids is 1. The molecule has 2 rings (SSSR count). The highest BCUT2D eigenvalue weighted by molar-refractivity contribution is 5.84. The molecular weight excluding hydrogens is 198 g/mol. The molecule has 2 fully saturated rings. The van der Waals surface area contributed by atoms with Crippen LogP contribution in [0.15, 0.2) is 0 Å². The lowest BCUT2D eigenvalue weighted by molar-refractivity contribution is -0.123. The molecule has 0 aromatic carbocycles. The number of carbonyl (C=O) groups is 1. The molecule has 2 aliphatic rings. The van der Waals surface area contributed by atoms with Crippen molar-refractivity contribution < 1.29 is 4.79 Å². The molecule has 3 atom stereocenters. The second-order valence-corrected chi connectivity index (χ2v) is 5.65. The van der Waals surface area contributed by atoms with Crippen molar-refractivity contribution in [2.24, 2.45) is 11.3 Å². The zero-order valence-electron chi connectivity index (χ0n) is 11.0. The highest BCUT2D eigenvalue weighted by atomic mass is 16.1. The van der Waals surface area contributed by atoms with Crippen molar-refractivity contribution in [1.29, 1.82) is 0 Å². The fourth-order valence-electron chi connectivity index (χ4n) is 3.61. The molecule has 92 valence electrons. The van der Waals surface area contributed by atoms with Crippen LogP contribution in [0.2, 0.25) is 0 Å². The standard InChI is InChI=1S/C14H25NO/c1-4-7-11-8-14(11)9-12(13(16)5-2)15(6-3)10-14/h11-12H,4-10H2,1-3H3/t11-,12+,14-/m1/s1. The third-order valence-electron chi connectivity index (χ3n) is 4.68. The first kappa shape index (κ1) is 12.1. The molecule has 0 bridgehead atoms. The van der Waals surface area contributed by atoms with Crippen molar-refractivity contribution in [3.05, 3.63) is 0 Å². The van der Waals surface area contributed by atoms with Gasteiger partial charge in [0.05, 0.1) is 6.04 Å². The highest BCUT2D eigenvalue weighted by Gasteiger charge is 2.59. The van der Waals surface area contributed by atoms with Crippen LogP contribution in [0.1, 0.15) is 52.9 Å². The SMILES string of the molecule is CCC[C@@H]1C[C@]12C[C@@H](C(=O)CC)N(CC)C2. The Morgan fingerprint density at radius 2 is 2.06 bits per heavy atom. The van der Waals surface area contributed by atoms with E-state index in [1.807, 2.05) is 6.92 Å².